The van der Waals surface area contributed by atoms with Crippen molar-refractivity contribution in [3.05, 3.63) is 51.7 Å². The van der Waals surface area contributed by atoms with Gasteiger partial charge in [-0.1, -0.05) is 18.2 Å². The van der Waals surface area contributed by atoms with Crippen LogP contribution in [0.5, 0.6) is 0 Å². The minimum absolute atomic E-state index is 0.0892. The highest BCUT2D eigenvalue weighted by Crippen LogP contribution is 2.25. The molecule has 0 atom stereocenters. The number of thiophene rings is 1. The number of nitrogens with two attached hydrogens (primary N) is 1. The molecule has 3 amide bonds. The summed E-state index contributed by atoms with van der Waals surface area (Å²) in [5.74, 6) is -0.671. The van der Waals surface area contributed by atoms with Gasteiger partial charge in [0.25, 0.3) is 5.91 Å². The molecule has 1 saturated heterocycles. The number of benzene rings is 1. The van der Waals surface area contributed by atoms with Crippen molar-refractivity contribution in [2.24, 2.45) is 11.7 Å². The zero-order chi connectivity index (χ0) is 20.8. The molecule has 154 valence electrons. The minimum Gasteiger partial charge on any atom is -0.369 e. The molecule has 0 unspecified atom stereocenters. The summed E-state index contributed by atoms with van der Waals surface area (Å²) in [6, 6.07) is 9.56. The van der Waals surface area contributed by atoms with Gasteiger partial charge in [-0.25, -0.2) is 0 Å². The van der Waals surface area contributed by atoms with Gasteiger partial charge < -0.3 is 16.0 Å². The maximum atomic E-state index is 13.1. The van der Waals surface area contributed by atoms with Crippen LogP contribution in [-0.4, -0.2) is 35.7 Å². The molecule has 0 saturated carbocycles. The molecule has 1 aromatic carbocycles. The Hall–Kier alpha value is -2.67. The Balaban J connectivity index is 1.63. The highest BCUT2D eigenvalue weighted by molar-refractivity contribution is 7.09. The van der Waals surface area contributed by atoms with Gasteiger partial charge in [0.05, 0.1) is 11.3 Å². The lowest BCUT2D eigenvalue weighted by molar-refractivity contribution is -0.123. The van der Waals surface area contributed by atoms with Gasteiger partial charge in [0.15, 0.2) is 0 Å². The first-order chi connectivity index (χ1) is 14.0. The van der Waals surface area contributed by atoms with E-state index in [2.05, 4.69) is 11.4 Å². The number of piperidine rings is 1. The Bertz CT molecular complexity index is 871. The lowest BCUT2D eigenvalue weighted by Crippen LogP contribution is -2.42. The molecule has 0 spiro atoms. The van der Waals surface area contributed by atoms with Crippen molar-refractivity contribution < 1.29 is 14.4 Å². The Labute approximate surface area is 175 Å². The molecule has 6 nitrogen and oxygen atoms in total. The summed E-state index contributed by atoms with van der Waals surface area (Å²) in [5, 5.41) is 4.96. The summed E-state index contributed by atoms with van der Waals surface area (Å²) in [4.78, 5) is 39.9. The lowest BCUT2D eigenvalue weighted by atomic mass is 9.95. The minimum atomic E-state index is -0.302. The molecule has 0 radical (unpaired) electrons. The van der Waals surface area contributed by atoms with Crippen molar-refractivity contribution >= 4 is 34.7 Å². The van der Waals surface area contributed by atoms with E-state index in [9.17, 15) is 14.4 Å². The monoisotopic (exact) mass is 413 g/mol. The van der Waals surface area contributed by atoms with E-state index in [-0.39, 0.29) is 23.6 Å². The van der Waals surface area contributed by atoms with Crippen LogP contribution in [0.4, 0.5) is 5.69 Å². The van der Waals surface area contributed by atoms with E-state index in [1.54, 1.807) is 22.3 Å². The first-order valence-corrected chi connectivity index (χ1v) is 10.8. The highest BCUT2D eigenvalue weighted by atomic mass is 32.1. The third-order valence-corrected chi connectivity index (χ3v) is 6.29. The summed E-state index contributed by atoms with van der Waals surface area (Å²) in [6.07, 6.45) is 3.21. The van der Waals surface area contributed by atoms with Crippen LogP contribution in [0.3, 0.4) is 0 Å². The van der Waals surface area contributed by atoms with Gasteiger partial charge in [-0.15, -0.1) is 11.3 Å². The largest absolute Gasteiger partial charge is 0.369 e. The Morgan fingerprint density at radius 3 is 2.59 bits per heavy atom. The lowest BCUT2D eigenvalue weighted by Gasteiger charge is -2.31. The summed E-state index contributed by atoms with van der Waals surface area (Å²) in [7, 11) is 0. The molecule has 7 heteroatoms. The standard InChI is InChI=1S/C22H27N3O3S/c1-15-5-2-8-18(24-19(26)9-3-6-17-7-4-14-29-17)20(15)22(28)25-12-10-16(11-13-25)21(23)27/h2,4-5,7-8,14,16H,3,6,9-13H2,1H3,(H2,23,27)(H,24,26). The van der Waals surface area contributed by atoms with Crippen molar-refractivity contribution in [1.82, 2.24) is 4.90 Å². The second-order valence-corrected chi connectivity index (χ2v) is 8.48. The van der Waals surface area contributed by atoms with E-state index in [4.69, 9.17) is 5.73 Å². The average Bonchev–Trinajstić information content (AvgIpc) is 3.21. The number of amides is 3. The molecular formula is C22H27N3O3S. The number of hydrogen-bond acceptors (Lipinski definition) is 4. The number of nitrogens with one attached hydrogen (secondary N) is 1. The van der Waals surface area contributed by atoms with Gasteiger partial charge in [0.2, 0.25) is 11.8 Å². The molecule has 1 aliphatic rings. The van der Waals surface area contributed by atoms with Gasteiger partial charge in [-0.05, 0) is 55.7 Å². The molecule has 1 fully saturated rings. The van der Waals surface area contributed by atoms with Crippen molar-refractivity contribution in [3.8, 4) is 0 Å². The van der Waals surface area contributed by atoms with E-state index in [1.807, 2.05) is 30.5 Å². The number of aryl methyl sites for hydroxylation is 2. The van der Waals surface area contributed by atoms with Crippen molar-refractivity contribution in [2.75, 3.05) is 18.4 Å². The summed E-state index contributed by atoms with van der Waals surface area (Å²) in [5.41, 5.74) is 7.28. The van der Waals surface area contributed by atoms with E-state index in [1.165, 1.54) is 4.88 Å². The molecule has 2 aromatic rings. The Kier molecular flexibility index (Phi) is 7.04. The van der Waals surface area contributed by atoms with Crippen LogP contribution < -0.4 is 11.1 Å². The number of hydrogen-bond donors (Lipinski definition) is 2. The Morgan fingerprint density at radius 1 is 1.17 bits per heavy atom. The third-order valence-electron chi connectivity index (χ3n) is 5.35. The van der Waals surface area contributed by atoms with E-state index < -0.39 is 0 Å². The maximum Gasteiger partial charge on any atom is 0.256 e. The number of carbonyl (C=O) groups excluding carboxylic acids is 3. The van der Waals surface area contributed by atoms with Crippen LogP contribution in [0.2, 0.25) is 0 Å². The molecule has 29 heavy (non-hydrogen) atoms. The van der Waals surface area contributed by atoms with Crippen LogP contribution >= 0.6 is 11.3 Å². The topological polar surface area (TPSA) is 92.5 Å². The van der Waals surface area contributed by atoms with Crippen molar-refractivity contribution in [2.45, 2.75) is 39.0 Å². The summed E-state index contributed by atoms with van der Waals surface area (Å²) in [6.45, 7) is 2.86. The third kappa shape index (κ3) is 5.44. The van der Waals surface area contributed by atoms with Crippen LogP contribution in [0, 0.1) is 12.8 Å². The van der Waals surface area contributed by atoms with Crippen LogP contribution in [0.25, 0.3) is 0 Å². The SMILES string of the molecule is Cc1cccc(NC(=O)CCCc2cccs2)c1C(=O)N1CCC(C(N)=O)CC1. The van der Waals surface area contributed by atoms with Gasteiger partial charge >= 0.3 is 0 Å². The van der Waals surface area contributed by atoms with Gasteiger partial charge in [0.1, 0.15) is 0 Å². The van der Waals surface area contributed by atoms with E-state index >= 15 is 0 Å². The van der Waals surface area contributed by atoms with Crippen LogP contribution in [0.15, 0.2) is 35.7 Å². The number of nitrogens with zero attached hydrogens (tertiary/aromatic N) is 1. The fourth-order valence-corrected chi connectivity index (χ4v) is 4.42. The van der Waals surface area contributed by atoms with Gasteiger partial charge in [-0.2, -0.15) is 0 Å². The van der Waals surface area contributed by atoms with Crippen LogP contribution in [0.1, 0.15) is 46.5 Å². The number of anilines is 1. The zero-order valence-electron chi connectivity index (χ0n) is 16.6. The van der Waals surface area contributed by atoms with E-state index in [0.29, 0.717) is 43.6 Å². The predicted octanol–water partition coefficient (Wildman–Crippen LogP) is 3.36. The first kappa shape index (κ1) is 21.0. The molecule has 0 bridgehead atoms. The number of rotatable bonds is 7. The molecule has 3 rings (SSSR count). The average molecular weight is 414 g/mol. The quantitative estimate of drug-likeness (QED) is 0.729. The van der Waals surface area contributed by atoms with Gasteiger partial charge in [-0.3, -0.25) is 14.4 Å². The maximum absolute atomic E-state index is 13.1. The number of primary amides is 1. The predicted molar refractivity (Wildman–Crippen MR) is 115 cm³/mol. The first-order valence-electron chi connectivity index (χ1n) is 9.96. The normalized spacial score (nSPS) is 14.6. The highest BCUT2D eigenvalue weighted by Gasteiger charge is 2.28. The van der Waals surface area contributed by atoms with Crippen molar-refractivity contribution in [3.63, 3.8) is 0 Å². The van der Waals surface area contributed by atoms with Crippen LogP contribution in [-0.2, 0) is 16.0 Å². The smallest absolute Gasteiger partial charge is 0.256 e. The number of carbonyl (C=O) groups is 3. The molecule has 1 aromatic heterocycles. The molecule has 2 heterocycles. The summed E-state index contributed by atoms with van der Waals surface area (Å²) < 4.78 is 0. The summed E-state index contributed by atoms with van der Waals surface area (Å²) >= 11 is 1.69. The van der Waals surface area contributed by atoms with Gasteiger partial charge in [0, 0.05) is 30.3 Å². The number of likely N-dealkylation sites (tertiary alicyclic amines) is 1. The Morgan fingerprint density at radius 2 is 1.93 bits per heavy atom. The van der Waals surface area contributed by atoms with E-state index in [0.717, 1.165) is 18.4 Å². The molecule has 1 aliphatic heterocycles. The second kappa shape index (κ2) is 9.69. The second-order valence-electron chi connectivity index (χ2n) is 7.45. The molecule has 3 N–H and O–H groups in total. The fraction of sp³-hybridized carbons (Fsp3) is 0.409. The molecule has 0 aliphatic carbocycles. The fourth-order valence-electron chi connectivity index (χ4n) is 3.67. The zero-order valence-corrected chi connectivity index (χ0v) is 17.5. The van der Waals surface area contributed by atoms with Crippen molar-refractivity contribution in [1.29, 1.82) is 0 Å². The molecular weight excluding hydrogens is 386 g/mol.